The molecule has 0 unspecified atom stereocenters. The van der Waals surface area contributed by atoms with Gasteiger partial charge in [-0.1, -0.05) is 0 Å². The van der Waals surface area contributed by atoms with E-state index in [4.69, 9.17) is 4.42 Å². The van der Waals surface area contributed by atoms with E-state index in [1.54, 1.807) is 24.3 Å². The van der Waals surface area contributed by atoms with E-state index < -0.39 is 17.7 Å². The zero-order valence-corrected chi connectivity index (χ0v) is 17.8. The van der Waals surface area contributed by atoms with Crippen LogP contribution in [0.4, 0.5) is 5.69 Å². The van der Waals surface area contributed by atoms with E-state index >= 15 is 0 Å². The van der Waals surface area contributed by atoms with Gasteiger partial charge in [0.2, 0.25) is 0 Å². The second kappa shape index (κ2) is 7.49. The van der Waals surface area contributed by atoms with Gasteiger partial charge in [-0.3, -0.25) is 19.3 Å². The maximum Gasteiger partial charge on any atom is 0.261 e. The molecule has 3 amide bonds. The number of carbonyl (C=O) groups excluding carboxylic acids is 3. The first-order chi connectivity index (χ1) is 13.8. The molecule has 1 aliphatic heterocycles. The molecule has 0 fully saturated rings. The van der Waals surface area contributed by atoms with Gasteiger partial charge < -0.3 is 14.8 Å². The zero-order chi connectivity index (χ0) is 20.7. The lowest BCUT2D eigenvalue weighted by Crippen LogP contribution is -2.28. The molecule has 0 spiro atoms. The first-order valence-corrected chi connectivity index (χ1v) is 9.95. The van der Waals surface area contributed by atoms with Crippen molar-refractivity contribution in [2.75, 3.05) is 5.32 Å². The number of phenolic OH excluding ortho intramolecular Hbond substituents is 1. The van der Waals surface area contributed by atoms with E-state index in [-0.39, 0.29) is 29.0 Å². The predicted molar refractivity (Wildman–Crippen MR) is 111 cm³/mol. The molecule has 146 valence electrons. The highest BCUT2D eigenvalue weighted by Crippen LogP contribution is 2.35. The monoisotopic (exact) mass is 518 g/mol. The van der Waals surface area contributed by atoms with Gasteiger partial charge in [-0.2, -0.15) is 0 Å². The van der Waals surface area contributed by atoms with Gasteiger partial charge in [0.25, 0.3) is 17.7 Å². The highest BCUT2D eigenvalue weighted by Gasteiger charge is 2.36. The van der Waals surface area contributed by atoms with Crippen molar-refractivity contribution in [3.8, 4) is 5.75 Å². The van der Waals surface area contributed by atoms with Crippen molar-refractivity contribution in [3.05, 3.63) is 80.1 Å². The number of fused-ring (bicyclic) bond motifs is 1. The van der Waals surface area contributed by atoms with Gasteiger partial charge in [-0.25, -0.2) is 0 Å². The molecule has 0 radical (unpaired) electrons. The van der Waals surface area contributed by atoms with Gasteiger partial charge in [-0.15, -0.1) is 0 Å². The first-order valence-electron chi connectivity index (χ1n) is 8.37. The fraction of sp³-hybridized carbons (Fsp3) is 0.0500. The number of benzene rings is 2. The summed E-state index contributed by atoms with van der Waals surface area (Å²) in [5, 5.41) is 12.5. The lowest BCUT2D eigenvalue weighted by Gasteiger charge is -2.11. The van der Waals surface area contributed by atoms with Crippen LogP contribution in [0.5, 0.6) is 5.75 Å². The summed E-state index contributed by atoms with van der Waals surface area (Å²) in [7, 11) is 0. The zero-order valence-electron chi connectivity index (χ0n) is 14.6. The highest BCUT2D eigenvalue weighted by molar-refractivity contribution is 9.11. The molecular weight excluding hydrogens is 508 g/mol. The Morgan fingerprint density at radius 2 is 1.72 bits per heavy atom. The topological polar surface area (TPSA) is 99.8 Å². The Balaban J connectivity index is 1.58. The normalized spacial score (nSPS) is 13.0. The van der Waals surface area contributed by atoms with Crippen molar-refractivity contribution < 1.29 is 23.9 Å². The molecule has 9 heteroatoms. The second-order valence-electron chi connectivity index (χ2n) is 6.28. The summed E-state index contributed by atoms with van der Waals surface area (Å²) in [5.41, 5.74) is 1.08. The minimum absolute atomic E-state index is 0.0151. The van der Waals surface area contributed by atoms with Crippen molar-refractivity contribution in [2.45, 2.75) is 6.54 Å². The molecular formula is C20H12Br2N2O5. The molecule has 1 aliphatic rings. The number of halogens is 2. The third-order valence-corrected chi connectivity index (χ3v) is 5.61. The third kappa shape index (κ3) is 3.58. The highest BCUT2D eigenvalue weighted by atomic mass is 79.9. The second-order valence-corrected chi connectivity index (χ2v) is 7.99. The Morgan fingerprint density at radius 1 is 1.03 bits per heavy atom. The molecule has 0 saturated carbocycles. The number of furan rings is 1. The number of anilines is 1. The molecule has 1 aromatic heterocycles. The van der Waals surface area contributed by atoms with Crippen molar-refractivity contribution in [2.24, 2.45) is 0 Å². The predicted octanol–water partition coefficient (Wildman–Crippen LogP) is 4.56. The van der Waals surface area contributed by atoms with Crippen LogP contribution >= 0.6 is 31.9 Å². The Kier molecular flexibility index (Phi) is 5.01. The smallest absolute Gasteiger partial charge is 0.261 e. The van der Waals surface area contributed by atoms with E-state index in [1.165, 1.54) is 24.5 Å². The fourth-order valence-electron chi connectivity index (χ4n) is 2.97. The standard InChI is InChI=1S/C20H12Br2N2O5/c21-15-7-11(8-16(22)17(15)25)23-18(26)10-3-4-13-14(6-10)20(28)24(19(13)27)9-12-2-1-5-29-12/h1-8,25H,9H2,(H,23,26). The van der Waals surface area contributed by atoms with Crippen LogP contribution in [-0.4, -0.2) is 27.7 Å². The summed E-state index contributed by atoms with van der Waals surface area (Å²) in [5.74, 6) is -0.866. The molecule has 0 atom stereocenters. The van der Waals surface area contributed by atoms with Crippen LogP contribution in [0.25, 0.3) is 0 Å². The van der Waals surface area contributed by atoms with E-state index in [0.717, 1.165) is 4.90 Å². The number of carbonyl (C=O) groups is 3. The molecule has 2 aromatic carbocycles. The van der Waals surface area contributed by atoms with Gasteiger partial charge in [0.05, 0.1) is 32.9 Å². The molecule has 7 nitrogen and oxygen atoms in total. The number of rotatable bonds is 4. The van der Waals surface area contributed by atoms with E-state index in [1.807, 2.05) is 0 Å². The van der Waals surface area contributed by atoms with E-state index in [0.29, 0.717) is 20.4 Å². The molecule has 0 saturated heterocycles. The van der Waals surface area contributed by atoms with Crippen LogP contribution in [0.2, 0.25) is 0 Å². The van der Waals surface area contributed by atoms with Gasteiger partial charge in [0, 0.05) is 11.3 Å². The van der Waals surface area contributed by atoms with Crippen LogP contribution in [0, 0.1) is 0 Å². The van der Waals surface area contributed by atoms with E-state index in [9.17, 15) is 19.5 Å². The van der Waals surface area contributed by atoms with Gasteiger partial charge in [-0.05, 0) is 74.3 Å². The van der Waals surface area contributed by atoms with Crippen LogP contribution < -0.4 is 5.32 Å². The van der Waals surface area contributed by atoms with Gasteiger partial charge >= 0.3 is 0 Å². The minimum atomic E-state index is -0.480. The molecule has 2 N–H and O–H groups in total. The SMILES string of the molecule is O=C(Nc1cc(Br)c(O)c(Br)c1)c1ccc2c(c1)C(=O)N(Cc1ccco1)C2=O. The molecule has 29 heavy (non-hydrogen) atoms. The summed E-state index contributed by atoms with van der Waals surface area (Å²) in [6.45, 7) is 0.0242. The average molecular weight is 520 g/mol. The van der Waals surface area contributed by atoms with Gasteiger partial charge in [0.15, 0.2) is 0 Å². The van der Waals surface area contributed by atoms with Crippen molar-refractivity contribution in [3.63, 3.8) is 0 Å². The largest absolute Gasteiger partial charge is 0.506 e. The number of aromatic hydroxyl groups is 1. The lowest BCUT2D eigenvalue weighted by molar-refractivity contribution is 0.0631. The molecule has 0 aliphatic carbocycles. The third-order valence-electron chi connectivity index (χ3n) is 4.40. The minimum Gasteiger partial charge on any atom is -0.506 e. The Labute approximate surface area is 181 Å². The van der Waals surface area contributed by atoms with Crippen LogP contribution in [-0.2, 0) is 6.54 Å². The summed E-state index contributed by atoms with van der Waals surface area (Å²) >= 11 is 6.40. The number of phenols is 1. The summed E-state index contributed by atoms with van der Waals surface area (Å²) in [4.78, 5) is 38.9. The maximum atomic E-state index is 12.7. The average Bonchev–Trinajstić information content (AvgIpc) is 3.29. The number of nitrogens with zero attached hydrogens (tertiary/aromatic N) is 1. The maximum absolute atomic E-state index is 12.7. The van der Waals surface area contributed by atoms with E-state index in [2.05, 4.69) is 37.2 Å². The fourth-order valence-corrected chi connectivity index (χ4v) is 4.16. The molecule has 2 heterocycles. The van der Waals surface area contributed by atoms with Crippen molar-refractivity contribution >= 4 is 55.3 Å². The molecule has 4 rings (SSSR count). The Bertz CT molecular complexity index is 1130. The Hall–Kier alpha value is -2.91. The van der Waals surface area contributed by atoms with Crippen LogP contribution in [0.3, 0.4) is 0 Å². The number of hydrogen-bond donors (Lipinski definition) is 2. The number of nitrogens with one attached hydrogen (secondary N) is 1. The van der Waals surface area contributed by atoms with Crippen LogP contribution in [0.1, 0.15) is 36.8 Å². The molecule has 3 aromatic rings. The number of amides is 3. The summed E-state index contributed by atoms with van der Waals surface area (Å²) in [6.07, 6.45) is 1.47. The lowest BCUT2D eigenvalue weighted by atomic mass is 10.1. The first kappa shape index (κ1) is 19.4. The van der Waals surface area contributed by atoms with Crippen molar-refractivity contribution in [1.82, 2.24) is 4.90 Å². The van der Waals surface area contributed by atoms with Crippen LogP contribution in [0.15, 0.2) is 62.1 Å². The number of hydrogen-bond acceptors (Lipinski definition) is 5. The Morgan fingerprint density at radius 3 is 2.38 bits per heavy atom. The van der Waals surface area contributed by atoms with Gasteiger partial charge in [0.1, 0.15) is 11.5 Å². The summed E-state index contributed by atoms with van der Waals surface area (Å²) < 4.78 is 6.03. The molecule has 0 bridgehead atoms. The quantitative estimate of drug-likeness (QED) is 0.389. The number of imide groups is 1. The van der Waals surface area contributed by atoms with Crippen molar-refractivity contribution in [1.29, 1.82) is 0 Å². The summed E-state index contributed by atoms with van der Waals surface area (Å²) in [6, 6.07) is 10.8.